The molecule has 1 aromatic heterocycles. The highest BCUT2D eigenvalue weighted by Gasteiger charge is 2.16. The molecule has 0 unspecified atom stereocenters. The second-order valence-electron chi connectivity index (χ2n) is 5.94. The molecule has 1 amide bonds. The maximum atomic E-state index is 12.9. The van der Waals surface area contributed by atoms with Crippen LogP contribution in [0, 0.1) is 5.82 Å². The first kappa shape index (κ1) is 18.1. The molecule has 3 aromatic rings. The summed E-state index contributed by atoms with van der Waals surface area (Å²) in [6.45, 7) is 1.07. The van der Waals surface area contributed by atoms with Crippen LogP contribution >= 0.6 is 23.1 Å². The van der Waals surface area contributed by atoms with Crippen molar-refractivity contribution in [2.24, 2.45) is 0 Å². The van der Waals surface area contributed by atoms with Gasteiger partial charge in [0, 0.05) is 23.4 Å². The molecule has 2 heterocycles. The Morgan fingerprint density at radius 2 is 1.93 bits per heavy atom. The molecule has 1 aliphatic rings. The number of halogens is 1. The van der Waals surface area contributed by atoms with Crippen molar-refractivity contribution in [2.45, 2.75) is 17.7 Å². The first-order chi connectivity index (χ1) is 13.2. The Morgan fingerprint density at radius 3 is 2.70 bits per heavy atom. The number of benzene rings is 2. The Labute approximate surface area is 163 Å². The van der Waals surface area contributed by atoms with Crippen LogP contribution in [-0.4, -0.2) is 29.9 Å². The van der Waals surface area contributed by atoms with Gasteiger partial charge in [0.15, 0.2) is 16.6 Å². The molecular weight excluding hydrogens is 387 g/mol. The molecule has 0 saturated carbocycles. The normalized spacial score (nSPS) is 12.9. The van der Waals surface area contributed by atoms with Crippen molar-refractivity contribution >= 4 is 44.4 Å². The molecule has 0 radical (unpaired) electrons. The highest BCUT2D eigenvalue weighted by atomic mass is 32.2. The van der Waals surface area contributed by atoms with E-state index >= 15 is 0 Å². The Kier molecular flexibility index (Phi) is 5.45. The summed E-state index contributed by atoms with van der Waals surface area (Å²) < 4.78 is 25.0. The summed E-state index contributed by atoms with van der Waals surface area (Å²) in [5, 5.41) is 3.43. The number of thioether (sulfide) groups is 1. The molecule has 4 rings (SSSR count). The second-order valence-corrected chi connectivity index (χ2v) is 8.14. The predicted octanol–water partition coefficient (Wildman–Crippen LogP) is 4.72. The van der Waals surface area contributed by atoms with Crippen LogP contribution in [0.5, 0.6) is 11.5 Å². The third kappa shape index (κ3) is 4.51. The highest BCUT2D eigenvalue weighted by molar-refractivity contribution is 7.99. The first-order valence-corrected chi connectivity index (χ1v) is 10.4. The highest BCUT2D eigenvalue weighted by Crippen LogP contribution is 2.37. The summed E-state index contributed by atoms with van der Waals surface area (Å²) in [7, 11) is 0. The van der Waals surface area contributed by atoms with Gasteiger partial charge in [0.2, 0.25) is 5.91 Å². The number of thiazole rings is 1. The number of aromatic nitrogens is 1. The number of carbonyl (C=O) groups excluding carboxylic acids is 1. The maximum absolute atomic E-state index is 12.9. The van der Waals surface area contributed by atoms with Gasteiger partial charge in [-0.2, -0.15) is 0 Å². The lowest BCUT2D eigenvalue weighted by Crippen LogP contribution is -2.15. The predicted molar refractivity (Wildman–Crippen MR) is 106 cm³/mol. The average molecular weight is 404 g/mol. The fraction of sp³-hybridized carbons (Fsp3) is 0.263. The second kappa shape index (κ2) is 8.14. The van der Waals surface area contributed by atoms with Crippen molar-refractivity contribution in [1.82, 2.24) is 4.98 Å². The van der Waals surface area contributed by atoms with Crippen LogP contribution in [0.25, 0.3) is 10.2 Å². The molecule has 1 N–H and O–H groups in total. The standard InChI is InChI=1S/C19H17FN2O3S2/c20-12-3-5-13(6-4-12)26-9-1-2-18(23)22-19-21-14-10-15-16(11-17(14)27-19)25-8-7-24-15/h3-6,10-11H,1-2,7-9H2,(H,21,22,23). The molecule has 5 nitrogen and oxygen atoms in total. The fourth-order valence-corrected chi connectivity index (χ4v) is 4.40. The minimum atomic E-state index is -0.242. The number of hydrogen-bond donors (Lipinski definition) is 1. The smallest absolute Gasteiger partial charge is 0.226 e. The van der Waals surface area contributed by atoms with Gasteiger partial charge in [-0.15, -0.1) is 11.8 Å². The maximum Gasteiger partial charge on any atom is 0.226 e. The number of rotatable bonds is 6. The first-order valence-electron chi connectivity index (χ1n) is 8.56. The largest absolute Gasteiger partial charge is 0.486 e. The van der Waals surface area contributed by atoms with Crippen molar-refractivity contribution in [3.05, 3.63) is 42.2 Å². The van der Waals surface area contributed by atoms with Gasteiger partial charge in [0.25, 0.3) is 0 Å². The van der Waals surface area contributed by atoms with Crippen LogP contribution in [0.2, 0.25) is 0 Å². The summed E-state index contributed by atoms with van der Waals surface area (Å²) in [5.74, 6) is 1.89. The van der Waals surface area contributed by atoms with Crippen LogP contribution in [0.3, 0.4) is 0 Å². The number of hydrogen-bond acceptors (Lipinski definition) is 6. The molecule has 27 heavy (non-hydrogen) atoms. The van der Waals surface area contributed by atoms with Gasteiger partial charge >= 0.3 is 0 Å². The third-order valence-corrected chi connectivity index (χ3v) is 5.96. The summed E-state index contributed by atoms with van der Waals surface area (Å²) in [6, 6.07) is 10.1. The number of anilines is 1. The van der Waals surface area contributed by atoms with Crippen molar-refractivity contribution in [3.63, 3.8) is 0 Å². The molecule has 8 heteroatoms. The molecular formula is C19H17FN2O3S2. The van der Waals surface area contributed by atoms with Gasteiger partial charge < -0.3 is 14.8 Å². The lowest BCUT2D eigenvalue weighted by atomic mass is 10.3. The molecule has 1 aliphatic heterocycles. The van der Waals surface area contributed by atoms with E-state index in [9.17, 15) is 9.18 Å². The molecule has 0 saturated heterocycles. The molecule has 0 bridgehead atoms. The van der Waals surface area contributed by atoms with E-state index in [1.807, 2.05) is 12.1 Å². The van der Waals surface area contributed by atoms with E-state index < -0.39 is 0 Å². The van der Waals surface area contributed by atoms with E-state index in [0.717, 1.165) is 27.3 Å². The van der Waals surface area contributed by atoms with Gasteiger partial charge in [-0.05, 0) is 36.4 Å². The van der Waals surface area contributed by atoms with E-state index in [4.69, 9.17) is 9.47 Å². The number of fused-ring (bicyclic) bond motifs is 2. The van der Waals surface area contributed by atoms with Gasteiger partial charge in [-0.1, -0.05) is 11.3 Å². The van der Waals surface area contributed by atoms with E-state index in [2.05, 4.69) is 10.3 Å². The van der Waals surface area contributed by atoms with E-state index in [1.165, 1.54) is 23.5 Å². The fourth-order valence-electron chi connectivity index (χ4n) is 2.65. The Bertz CT molecular complexity index is 916. The van der Waals surface area contributed by atoms with Crippen molar-refractivity contribution < 1.29 is 18.7 Å². The Hall–Kier alpha value is -2.32. The van der Waals surface area contributed by atoms with Crippen LogP contribution in [0.4, 0.5) is 9.52 Å². The Balaban J connectivity index is 1.29. The van der Waals surface area contributed by atoms with Gasteiger partial charge in [-0.3, -0.25) is 4.79 Å². The zero-order chi connectivity index (χ0) is 18.6. The zero-order valence-electron chi connectivity index (χ0n) is 14.4. The van der Waals surface area contributed by atoms with Gasteiger partial charge in [0.1, 0.15) is 19.0 Å². The zero-order valence-corrected chi connectivity index (χ0v) is 16.0. The minimum absolute atomic E-state index is 0.0639. The summed E-state index contributed by atoms with van der Waals surface area (Å²) in [4.78, 5) is 17.6. The van der Waals surface area contributed by atoms with Crippen LogP contribution < -0.4 is 14.8 Å². The number of amides is 1. The summed E-state index contributed by atoms with van der Waals surface area (Å²) >= 11 is 3.02. The molecule has 0 aliphatic carbocycles. The van der Waals surface area contributed by atoms with E-state index in [1.54, 1.807) is 23.9 Å². The molecule has 2 aromatic carbocycles. The monoisotopic (exact) mass is 404 g/mol. The third-order valence-electron chi connectivity index (χ3n) is 3.93. The van der Waals surface area contributed by atoms with E-state index in [-0.39, 0.29) is 11.7 Å². The lowest BCUT2D eigenvalue weighted by molar-refractivity contribution is -0.116. The lowest BCUT2D eigenvalue weighted by Gasteiger charge is -2.17. The summed E-state index contributed by atoms with van der Waals surface area (Å²) in [6.07, 6.45) is 1.14. The number of ether oxygens (including phenoxy) is 2. The van der Waals surface area contributed by atoms with Crippen LogP contribution in [-0.2, 0) is 4.79 Å². The van der Waals surface area contributed by atoms with Crippen molar-refractivity contribution in [3.8, 4) is 11.5 Å². The number of carbonyl (C=O) groups is 1. The Morgan fingerprint density at radius 1 is 1.19 bits per heavy atom. The van der Waals surface area contributed by atoms with Crippen molar-refractivity contribution in [2.75, 3.05) is 24.3 Å². The van der Waals surface area contributed by atoms with Crippen LogP contribution in [0.15, 0.2) is 41.3 Å². The summed E-state index contributed by atoms with van der Waals surface area (Å²) in [5.41, 5.74) is 0.784. The van der Waals surface area contributed by atoms with E-state index in [0.29, 0.717) is 36.3 Å². The minimum Gasteiger partial charge on any atom is -0.486 e. The average Bonchev–Trinajstić information content (AvgIpc) is 3.05. The van der Waals surface area contributed by atoms with Gasteiger partial charge in [0.05, 0.1) is 10.2 Å². The molecule has 0 atom stereocenters. The molecule has 0 spiro atoms. The van der Waals surface area contributed by atoms with Gasteiger partial charge in [-0.25, -0.2) is 9.37 Å². The number of nitrogens with zero attached hydrogens (tertiary/aromatic N) is 1. The number of nitrogens with one attached hydrogen (secondary N) is 1. The SMILES string of the molecule is O=C(CCCSc1ccc(F)cc1)Nc1nc2cc3c(cc2s1)OCCO3. The van der Waals surface area contributed by atoms with Crippen LogP contribution in [0.1, 0.15) is 12.8 Å². The quantitative estimate of drug-likeness (QED) is 0.476. The molecule has 140 valence electrons. The molecule has 0 fully saturated rings. The van der Waals surface area contributed by atoms with Crippen molar-refractivity contribution in [1.29, 1.82) is 0 Å². The topological polar surface area (TPSA) is 60.5 Å².